The topological polar surface area (TPSA) is 42.0 Å². The number of benzene rings is 2. The number of likely N-dealkylation sites (N-methyl/N-ethyl adjacent to an activating group) is 1. The molecule has 150 valence electrons. The number of carbonyl (C=O) groups is 1. The van der Waals surface area contributed by atoms with Crippen LogP contribution in [0, 0.1) is 5.82 Å². The number of halogens is 1. The van der Waals surface area contributed by atoms with Gasteiger partial charge in [-0.3, -0.25) is 9.69 Å². The molecule has 1 amide bonds. The number of likely N-dealkylation sites (tertiary alicyclic amines) is 1. The molecule has 1 saturated heterocycles. The molecule has 1 aliphatic rings. The molecule has 0 bridgehead atoms. The van der Waals surface area contributed by atoms with Crippen molar-refractivity contribution in [2.24, 2.45) is 0 Å². The summed E-state index contributed by atoms with van der Waals surface area (Å²) >= 11 is 0. The molecule has 0 aliphatic carbocycles. The van der Waals surface area contributed by atoms with Crippen molar-refractivity contribution in [3.63, 3.8) is 0 Å². The van der Waals surface area contributed by atoms with Crippen LogP contribution >= 0.6 is 0 Å². The Morgan fingerprint density at radius 2 is 2.04 bits per heavy atom. The minimum Gasteiger partial charge on any atom is -0.497 e. The summed E-state index contributed by atoms with van der Waals surface area (Å²) in [4.78, 5) is 16.6. The highest BCUT2D eigenvalue weighted by molar-refractivity contribution is 5.78. The van der Waals surface area contributed by atoms with E-state index >= 15 is 0 Å². The minimum absolute atomic E-state index is 0.0195. The van der Waals surface area contributed by atoms with Gasteiger partial charge < -0.3 is 14.4 Å². The summed E-state index contributed by atoms with van der Waals surface area (Å²) in [5.74, 6) is 0.634. The van der Waals surface area contributed by atoms with Crippen molar-refractivity contribution in [1.82, 2.24) is 9.80 Å². The van der Waals surface area contributed by atoms with Gasteiger partial charge in [-0.05, 0) is 54.8 Å². The van der Waals surface area contributed by atoms with E-state index < -0.39 is 5.82 Å². The maximum Gasteiger partial charge on any atom is 0.236 e. The zero-order valence-electron chi connectivity index (χ0n) is 16.7. The van der Waals surface area contributed by atoms with Crippen LogP contribution in [-0.2, 0) is 11.3 Å². The fourth-order valence-corrected chi connectivity index (χ4v) is 3.71. The summed E-state index contributed by atoms with van der Waals surface area (Å²) < 4.78 is 24.2. The van der Waals surface area contributed by atoms with E-state index in [1.165, 1.54) is 18.7 Å². The van der Waals surface area contributed by atoms with Crippen molar-refractivity contribution in [3.8, 4) is 11.5 Å². The third-order valence-electron chi connectivity index (χ3n) is 5.24. The second kappa shape index (κ2) is 9.06. The van der Waals surface area contributed by atoms with Gasteiger partial charge in [0.2, 0.25) is 5.91 Å². The monoisotopic (exact) mass is 386 g/mol. The lowest BCUT2D eigenvalue weighted by molar-refractivity contribution is -0.131. The fraction of sp³-hybridized carbons (Fsp3) is 0.409. The van der Waals surface area contributed by atoms with Gasteiger partial charge in [0.15, 0.2) is 11.6 Å². The SMILES string of the molecule is COc1cccc(C2CCCN2CC(=O)N(C)Cc2ccc(OC)c(F)c2)c1. The molecule has 1 unspecified atom stereocenters. The van der Waals surface area contributed by atoms with Crippen molar-refractivity contribution in [1.29, 1.82) is 0 Å². The van der Waals surface area contributed by atoms with Crippen molar-refractivity contribution >= 4 is 5.91 Å². The number of rotatable bonds is 7. The molecule has 0 spiro atoms. The third-order valence-corrected chi connectivity index (χ3v) is 5.24. The largest absolute Gasteiger partial charge is 0.497 e. The molecule has 6 heteroatoms. The van der Waals surface area contributed by atoms with Gasteiger partial charge >= 0.3 is 0 Å². The van der Waals surface area contributed by atoms with E-state index in [-0.39, 0.29) is 17.7 Å². The normalized spacial score (nSPS) is 16.8. The lowest BCUT2D eigenvalue weighted by Crippen LogP contribution is -2.37. The Balaban J connectivity index is 1.63. The Morgan fingerprint density at radius 1 is 1.21 bits per heavy atom. The molecule has 0 aromatic heterocycles. The Morgan fingerprint density at radius 3 is 2.75 bits per heavy atom. The van der Waals surface area contributed by atoms with E-state index in [2.05, 4.69) is 11.0 Å². The van der Waals surface area contributed by atoms with Gasteiger partial charge in [0, 0.05) is 19.6 Å². The van der Waals surface area contributed by atoms with Crippen LogP contribution in [0.4, 0.5) is 4.39 Å². The van der Waals surface area contributed by atoms with E-state index in [1.807, 2.05) is 18.2 Å². The van der Waals surface area contributed by atoms with Gasteiger partial charge in [-0.15, -0.1) is 0 Å². The van der Waals surface area contributed by atoms with Crippen molar-refractivity contribution in [3.05, 3.63) is 59.4 Å². The molecule has 0 radical (unpaired) electrons. The highest BCUT2D eigenvalue weighted by Crippen LogP contribution is 2.33. The summed E-state index contributed by atoms with van der Waals surface area (Å²) in [5, 5.41) is 0. The van der Waals surface area contributed by atoms with Crippen molar-refractivity contribution in [2.75, 3.05) is 34.4 Å². The summed E-state index contributed by atoms with van der Waals surface area (Å²) in [7, 11) is 4.84. The van der Waals surface area contributed by atoms with Crippen LogP contribution < -0.4 is 9.47 Å². The zero-order valence-corrected chi connectivity index (χ0v) is 16.7. The van der Waals surface area contributed by atoms with E-state index in [4.69, 9.17) is 9.47 Å². The van der Waals surface area contributed by atoms with Gasteiger partial charge in [-0.25, -0.2) is 4.39 Å². The van der Waals surface area contributed by atoms with Gasteiger partial charge in [0.1, 0.15) is 5.75 Å². The first-order valence-electron chi connectivity index (χ1n) is 9.46. The summed E-state index contributed by atoms with van der Waals surface area (Å²) in [5.41, 5.74) is 1.91. The third kappa shape index (κ3) is 4.62. The van der Waals surface area contributed by atoms with Gasteiger partial charge in [0.25, 0.3) is 0 Å². The van der Waals surface area contributed by atoms with Crippen LogP contribution in [0.25, 0.3) is 0 Å². The van der Waals surface area contributed by atoms with E-state index in [9.17, 15) is 9.18 Å². The lowest BCUT2D eigenvalue weighted by Gasteiger charge is -2.27. The number of methoxy groups -OCH3 is 2. The van der Waals surface area contributed by atoms with Gasteiger partial charge in [-0.1, -0.05) is 18.2 Å². The standard InChI is InChI=1S/C22H27FN2O3/c1-24(14-16-9-10-21(28-3)19(23)12-16)22(26)15-25-11-5-8-20(25)17-6-4-7-18(13-17)27-2/h4,6-7,9-10,12-13,20H,5,8,11,14-15H2,1-3H3. The molecule has 0 saturated carbocycles. The molecule has 2 aromatic rings. The van der Waals surface area contributed by atoms with Crippen LogP contribution in [0.3, 0.4) is 0 Å². The number of hydrogen-bond donors (Lipinski definition) is 0. The molecule has 3 rings (SSSR count). The quantitative estimate of drug-likeness (QED) is 0.729. The molecule has 1 atom stereocenters. The van der Waals surface area contributed by atoms with Crippen LogP contribution in [0.5, 0.6) is 11.5 Å². The lowest BCUT2D eigenvalue weighted by atomic mass is 10.0. The molecular weight excluding hydrogens is 359 g/mol. The molecule has 1 aliphatic heterocycles. The predicted octanol–water partition coefficient (Wildman–Crippen LogP) is 3.64. The van der Waals surface area contributed by atoms with Crippen LogP contribution in [0.15, 0.2) is 42.5 Å². The summed E-state index contributed by atoms with van der Waals surface area (Å²) in [6, 6.07) is 13.0. The number of carbonyl (C=O) groups excluding carboxylic acids is 1. The van der Waals surface area contributed by atoms with Gasteiger partial charge in [0.05, 0.1) is 20.8 Å². The van der Waals surface area contributed by atoms with Gasteiger partial charge in [-0.2, -0.15) is 0 Å². The van der Waals surface area contributed by atoms with Crippen molar-refractivity contribution in [2.45, 2.75) is 25.4 Å². The molecular formula is C22H27FN2O3. The first kappa shape index (κ1) is 20.1. The van der Waals surface area contributed by atoms with E-state index in [0.29, 0.717) is 13.1 Å². The summed E-state index contributed by atoms with van der Waals surface area (Å²) in [6.45, 7) is 1.59. The Bertz CT molecular complexity index is 827. The highest BCUT2D eigenvalue weighted by Gasteiger charge is 2.28. The zero-order chi connectivity index (χ0) is 20.1. The fourth-order valence-electron chi connectivity index (χ4n) is 3.71. The first-order chi connectivity index (χ1) is 13.5. The Labute approximate surface area is 165 Å². The average Bonchev–Trinajstić information content (AvgIpc) is 3.16. The number of hydrogen-bond acceptors (Lipinski definition) is 4. The number of amides is 1. The molecule has 28 heavy (non-hydrogen) atoms. The second-order valence-corrected chi connectivity index (χ2v) is 7.12. The Hall–Kier alpha value is -2.60. The molecule has 5 nitrogen and oxygen atoms in total. The minimum atomic E-state index is -0.418. The van der Waals surface area contributed by atoms with Crippen LogP contribution in [0.1, 0.15) is 30.0 Å². The number of ether oxygens (including phenoxy) is 2. The highest BCUT2D eigenvalue weighted by atomic mass is 19.1. The second-order valence-electron chi connectivity index (χ2n) is 7.12. The van der Waals surface area contributed by atoms with E-state index in [1.54, 1.807) is 31.2 Å². The molecule has 2 aromatic carbocycles. The maximum atomic E-state index is 13.9. The average molecular weight is 386 g/mol. The van der Waals surface area contributed by atoms with Crippen molar-refractivity contribution < 1.29 is 18.7 Å². The first-order valence-corrected chi connectivity index (χ1v) is 9.46. The maximum absolute atomic E-state index is 13.9. The predicted molar refractivity (Wildman–Crippen MR) is 106 cm³/mol. The molecule has 1 heterocycles. The molecule has 0 N–H and O–H groups in total. The van der Waals surface area contributed by atoms with Crippen LogP contribution in [-0.4, -0.2) is 50.1 Å². The Kier molecular flexibility index (Phi) is 6.52. The van der Waals surface area contributed by atoms with Crippen LogP contribution in [0.2, 0.25) is 0 Å². The number of nitrogens with zero attached hydrogens (tertiary/aromatic N) is 2. The summed E-state index contributed by atoms with van der Waals surface area (Å²) in [6.07, 6.45) is 2.08. The van der Waals surface area contributed by atoms with E-state index in [0.717, 1.165) is 30.7 Å². The smallest absolute Gasteiger partial charge is 0.236 e. The molecule has 1 fully saturated rings.